The number of aromatic nitrogens is 2. The van der Waals surface area contributed by atoms with Crippen LogP contribution in [0.1, 0.15) is 29.3 Å². The first kappa shape index (κ1) is 17.7. The maximum Gasteiger partial charge on any atom is 0.254 e. The van der Waals surface area contributed by atoms with Gasteiger partial charge in [0.25, 0.3) is 11.5 Å². The van der Waals surface area contributed by atoms with Crippen LogP contribution in [0.2, 0.25) is 0 Å². The number of rotatable bonds is 6. The molecule has 0 fully saturated rings. The van der Waals surface area contributed by atoms with E-state index in [1.807, 2.05) is 25.1 Å². The van der Waals surface area contributed by atoms with Crippen molar-refractivity contribution < 1.29 is 9.53 Å². The number of H-pyrrole nitrogens is 1. The minimum atomic E-state index is -0.200. The molecule has 0 radical (unpaired) electrons. The molecule has 0 unspecified atom stereocenters. The van der Waals surface area contributed by atoms with Gasteiger partial charge in [-0.1, -0.05) is 6.92 Å². The number of carbonyl (C=O) groups excluding carboxylic acids is 1. The zero-order valence-electron chi connectivity index (χ0n) is 14.9. The van der Waals surface area contributed by atoms with Crippen LogP contribution in [-0.2, 0) is 6.54 Å². The molecule has 6 heteroatoms. The van der Waals surface area contributed by atoms with E-state index in [1.165, 1.54) is 0 Å². The highest BCUT2D eigenvalue weighted by Crippen LogP contribution is 2.19. The van der Waals surface area contributed by atoms with Crippen molar-refractivity contribution in [2.45, 2.75) is 19.9 Å². The summed E-state index contributed by atoms with van der Waals surface area (Å²) < 4.78 is 5.19. The molecule has 1 amide bonds. The molecule has 0 aliphatic carbocycles. The third-order valence-corrected chi connectivity index (χ3v) is 4.20. The smallest absolute Gasteiger partial charge is 0.254 e. The molecule has 0 spiro atoms. The Balaban J connectivity index is 1.92. The maximum absolute atomic E-state index is 12.8. The highest BCUT2D eigenvalue weighted by Gasteiger charge is 2.17. The fraction of sp³-hybridized carbons (Fsp3) is 0.250. The highest BCUT2D eigenvalue weighted by atomic mass is 16.5. The topological polar surface area (TPSA) is 75.3 Å². The third-order valence-electron chi connectivity index (χ3n) is 4.20. The number of fused-ring (bicyclic) bond motifs is 1. The maximum atomic E-state index is 12.8. The number of hydrogen-bond acceptors (Lipinski definition) is 4. The van der Waals surface area contributed by atoms with Crippen LogP contribution < -0.4 is 10.3 Å². The van der Waals surface area contributed by atoms with E-state index in [0.29, 0.717) is 28.9 Å². The number of aromatic amines is 1. The largest absolute Gasteiger partial charge is 0.497 e. The number of hydrogen-bond donors (Lipinski definition) is 1. The molecule has 0 saturated heterocycles. The number of nitrogens with zero attached hydrogens (tertiary/aromatic N) is 2. The lowest BCUT2D eigenvalue weighted by Gasteiger charge is -2.22. The lowest BCUT2D eigenvalue weighted by atomic mass is 10.1. The molecule has 2 aromatic heterocycles. The van der Waals surface area contributed by atoms with Crippen molar-refractivity contribution in [1.29, 1.82) is 0 Å². The zero-order valence-corrected chi connectivity index (χ0v) is 14.9. The summed E-state index contributed by atoms with van der Waals surface area (Å²) in [6, 6.07) is 10.7. The summed E-state index contributed by atoms with van der Waals surface area (Å²) in [4.78, 5) is 33.8. The fourth-order valence-electron chi connectivity index (χ4n) is 2.87. The predicted molar refractivity (Wildman–Crippen MR) is 100 cm³/mol. The van der Waals surface area contributed by atoms with Crippen LogP contribution in [0.25, 0.3) is 10.9 Å². The van der Waals surface area contributed by atoms with E-state index in [2.05, 4.69) is 9.97 Å². The van der Waals surface area contributed by atoms with Gasteiger partial charge in [-0.3, -0.25) is 14.6 Å². The van der Waals surface area contributed by atoms with Gasteiger partial charge >= 0.3 is 0 Å². The summed E-state index contributed by atoms with van der Waals surface area (Å²) >= 11 is 0. The molecule has 0 saturated carbocycles. The molecule has 2 heterocycles. The van der Waals surface area contributed by atoms with Crippen molar-refractivity contribution in [1.82, 2.24) is 14.9 Å². The average Bonchev–Trinajstić information content (AvgIpc) is 2.67. The Morgan fingerprint density at radius 1 is 1.19 bits per heavy atom. The van der Waals surface area contributed by atoms with Crippen molar-refractivity contribution in [3.63, 3.8) is 0 Å². The van der Waals surface area contributed by atoms with Crippen LogP contribution in [0.4, 0.5) is 0 Å². The molecule has 26 heavy (non-hydrogen) atoms. The van der Waals surface area contributed by atoms with Gasteiger partial charge in [0.1, 0.15) is 5.75 Å². The molecule has 6 nitrogen and oxygen atoms in total. The van der Waals surface area contributed by atoms with Crippen molar-refractivity contribution in [3.8, 4) is 5.75 Å². The molecule has 3 aromatic rings. The molecule has 0 aliphatic heterocycles. The van der Waals surface area contributed by atoms with Gasteiger partial charge in [0.05, 0.1) is 19.2 Å². The van der Waals surface area contributed by atoms with Crippen molar-refractivity contribution >= 4 is 16.8 Å². The number of nitrogens with one attached hydrogen (secondary N) is 1. The van der Waals surface area contributed by atoms with E-state index in [4.69, 9.17) is 4.74 Å². The van der Waals surface area contributed by atoms with E-state index in [0.717, 1.165) is 11.8 Å². The minimum Gasteiger partial charge on any atom is -0.497 e. The first-order valence-corrected chi connectivity index (χ1v) is 8.51. The van der Waals surface area contributed by atoms with Gasteiger partial charge in [-0.05, 0) is 42.1 Å². The van der Waals surface area contributed by atoms with Gasteiger partial charge in [-0.25, -0.2) is 0 Å². The van der Waals surface area contributed by atoms with Crippen molar-refractivity contribution in [3.05, 3.63) is 70.3 Å². The van der Waals surface area contributed by atoms with Crippen LogP contribution >= 0.6 is 0 Å². The molecule has 1 N–H and O–H groups in total. The van der Waals surface area contributed by atoms with Gasteiger partial charge in [0.15, 0.2) is 0 Å². The number of amides is 1. The van der Waals surface area contributed by atoms with Gasteiger partial charge < -0.3 is 14.6 Å². The molecule has 0 aliphatic rings. The van der Waals surface area contributed by atoms with Gasteiger partial charge in [-0.2, -0.15) is 0 Å². The summed E-state index contributed by atoms with van der Waals surface area (Å²) in [6.45, 7) is 2.83. The number of pyridine rings is 2. The summed E-state index contributed by atoms with van der Waals surface area (Å²) in [5.74, 6) is 0.574. The van der Waals surface area contributed by atoms with E-state index >= 15 is 0 Å². The van der Waals surface area contributed by atoms with E-state index < -0.39 is 0 Å². The standard InChI is InChI=1S/C20H21N3O3/c1-3-10-23(20(25)14-6-8-21-9-7-14)13-16-11-15-4-5-17(26-2)12-18(15)22-19(16)24/h4-9,11-12H,3,10,13H2,1-2H3,(H,22,24). The number of ether oxygens (including phenoxy) is 1. The average molecular weight is 351 g/mol. The van der Waals surface area contributed by atoms with Crippen LogP contribution in [-0.4, -0.2) is 34.4 Å². The van der Waals surface area contributed by atoms with E-state index in [9.17, 15) is 9.59 Å². The number of carbonyl (C=O) groups is 1. The first-order valence-electron chi connectivity index (χ1n) is 8.51. The Labute approximate surface area is 151 Å². The Hall–Kier alpha value is -3.15. The zero-order chi connectivity index (χ0) is 18.5. The second-order valence-electron chi connectivity index (χ2n) is 6.04. The Morgan fingerprint density at radius 2 is 1.96 bits per heavy atom. The van der Waals surface area contributed by atoms with Crippen LogP contribution in [0.15, 0.2) is 53.6 Å². The van der Waals surface area contributed by atoms with Gasteiger partial charge in [0, 0.05) is 36.1 Å². The summed E-state index contributed by atoms with van der Waals surface area (Å²) in [5.41, 5.74) is 1.63. The monoisotopic (exact) mass is 351 g/mol. The van der Waals surface area contributed by atoms with E-state index in [1.54, 1.807) is 42.6 Å². The summed E-state index contributed by atoms with van der Waals surface area (Å²) in [6.07, 6.45) is 3.99. The van der Waals surface area contributed by atoms with Crippen LogP contribution in [0, 0.1) is 0 Å². The number of benzene rings is 1. The third kappa shape index (κ3) is 3.74. The Kier molecular flexibility index (Phi) is 5.31. The molecule has 0 bridgehead atoms. The lowest BCUT2D eigenvalue weighted by Crippen LogP contribution is -2.33. The van der Waals surface area contributed by atoms with Crippen LogP contribution in [0.5, 0.6) is 5.75 Å². The van der Waals surface area contributed by atoms with Crippen molar-refractivity contribution in [2.75, 3.05) is 13.7 Å². The van der Waals surface area contributed by atoms with Gasteiger partial charge in [-0.15, -0.1) is 0 Å². The van der Waals surface area contributed by atoms with Crippen molar-refractivity contribution in [2.24, 2.45) is 0 Å². The Morgan fingerprint density at radius 3 is 2.65 bits per heavy atom. The molecule has 1 aromatic carbocycles. The van der Waals surface area contributed by atoms with Gasteiger partial charge in [0.2, 0.25) is 0 Å². The lowest BCUT2D eigenvalue weighted by molar-refractivity contribution is 0.0742. The first-order chi connectivity index (χ1) is 12.6. The molecule has 134 valence electrons. The second kappa shape index (κ2) is 7.82. The second-order valence-corrected chi connectivity index (χ2v) is 6.04. The SMILES string of the molecule is CCCN(Cc1cc2ccc(OC)cc2[nH]c1=O)C(=O)c1ccncc1. The normalized spacial score (nSPS) is 10.7. The fourth-order valence-corrected chi connectivity index (χ4v) is 2.87. The van der Waals surface area contributed by atoms with E-state index in [-0.39, 0.29) is 18.0 Å². The quantitative estimate of drug-likeness (QED) is 0.741. The van der Waals surface area contributed by atoms with Crippen LogP contribution in [0.3, 0.4) is 0 Å². The molecule has 0 atom stereocenters. The molecular formula is C20H21N3O3. The minimum absolute atomic E-state index is 0.108. The summed E-state index contributed by atoms with van der Waals surface area (Å²) in [7, 11) is 1.58. The number of methoxy groups -OCH3 is 1. The highest BCUT2D eigenvalue weighted by molar-refractivity contribution is 5.94. The summed E-state index contributed by atoms with van der Waals surface area (Å²) in [5, 5.41) is 0.896. The predicted octanol–water partition coefficient (Wildman–Crippen LogP) is 2.98. The molecule has 3 rings (SSSR count). The molecular weight excluding hydrogens is 330 g/mol. The Bertz CT molecular complexity index is 967.